The highest BCUT2D eigenvalue weighted by atomic mass is 35.5. The molecule has 0 saturated heterocycles. The van der Waals surface area contributed by atoms with Crippen molar-refractivity contribution in [3.05, 3.63) is 34.9 Å². The van der Waals surface area contributed by atoms with Crippen molar-refractivity contribution in [1.82, 2.24) is 9.88 Å². The minimum Gasteiger partial charge on any atom is -0.444 e. The standard InChI is InChI=1S/C15H18ClFN2O2/c1-15(2,3)21-14(20)19-6-4-10(5-7-19)12-8-11(17)9-18-13(12)16/h4,8-9H,5-7H2,1-3H3. The highest BCUT2D eigenvalue weighted by Gasteiger charge is 2.24. The molecule has 0 radical (unpaired) electrons. The molecule has 1 aromatic rings. The summed E-state index contributed by atoms with van der Waals surface area (Å²) in [6.45, 7) is 6.40. The Morgan fingerprint density at radius 1 is 1.48 bits per heavy atom. The Morgan fingerprint density at radius 2 is 2.19 bits per heavy atom. The molecular formula is C15H18ClFN2O2. The zero-order valence-electron chi connectivity index (χ0n) is 12.3. The molecular weight excluding hydrogens is 295 g/mol. The van der Waals surface area contributed by atoms with Crippen LogP contribution in [0.3, 0.4) is 0 Å². The molecule has 0 unspecified atom stereocenters. The fourth-order valence-corrected chi connectivity index (χ4v) is 2.28. The number of carbonyl (C=O) groups is 1. The van der Waals surface area contributed by atoms with Gasteiger partial charge in [-0.15, -0.1) is 0 Å². The van der Waals surface area contributed by atoms with Crippen LogP contribution in [0.15, 0.2) is 18.3 Å². The van der Waals surface area contributed by atoms with Crippen LogP contribution in [0.4, 0.5) is 9.18 Å². The first kappa shape index (κ1) is 15.8. The van der Waals surface area contributed by atoms with Crippen LogP contribution in [0.2, 0.25) is 5.15 Å². The lowest BCUT2D eigenvalue weighted by Crippen LogP contribution is -2.39. The van der Waals surface area contributed by atoms with Crippen molar-refractivity contribution in [3.8, 4) is 0 Å². The highest BCUT2D eigenvalue weighted by Crippen LogP contribution is 2.28. The Balaban J connectivity index is 2.08. The number of pyridine rings is 1. The normalized spacial score (nSPS) is 15.7. The topological polar surface area (TPSA) is 42.4 Å². The van der Waals surface area contributed by atoms with Crippen molar-refractivity contribution in [3.63, 3.8) is 0 Å². The fourth-order valence-electron chi connectivity index (χ4n) is 2.05. The van der Waals surface area contributed by atoms with Gasteiger partial charge in [-0.1, -0.05) is 17.7 Å². The molecule has 2 rings (SSSR count). The predicted octanol–water partition coefficient (Wildman–Crippen LogP) is 3.90. The van der Waals surface area contributed by atoms with E-state index in [9.17, 15) is 9.18 Å². The Kier molecular flexibility index (Phi) is 4.52. The number of aromatic nitrogens is 1. The van der Waals surface area contributed by atoms with Crippen molar-refractivity contribution < 1.29 is 13.9 Å². The number of ether oxygens (including phenoxy) is 1. The van der Waals surface area contributed by atoms with Gasteiger partial charge in [0.05, 0.1) is 6.20 Å². The first-order valence-electron chi connectivity index (χ1n) is 6.74. The monoisotopic (exact) mass is 312 g/mol. The van der Waals surface area contributed by atoms with Gasteiger partial charge in [-0.3, -0.25) is 0 Å². The van der Waals surface area contributed by atoms with Crippen LogP contribution < -0.4 is 0 Å². The first-order chi connectivity index (χ1) is 9.76. The van der Waals surface area contributed by atoms with Crippen LogP contribution in [-0.2, 0) is 4.74 Å². The number of halogens is 2. The molecule has 114 valence electrons. The molecule has 0 spiro atoms. The molecule has 0 bridgehead atoms. The van der Waals surface area contributed by atoms with Crippen molar-refractivity contribution in [2.24, 2.45) is 0 Å². The second kappa shape index (κ2) is 6.02. The molecule has 0 N–H and O–H groups in total. The van der Waals surface area contributed by atoms with Gasteiger partial charge in [0.2, 0.25) is 0 Å². The van der Waals surface area contributed by atoms with E-state index < -0.39 is 11.4 Å². The largest absolute Gasteiger partial charge is 0.444 e. The first-order valence-corrected chi connectivity index (χ1v) is 7.12. The predicted molar refractivity (Wildman–Crippen MR) is 79.6 cm³/mol. The Morgan fingerprint density at radius 3 is 2.76 bits per heavy atom. The summed E-state index contributed by atoms with van der Waals surface area (Å²) in [5, 5.41) is 0.272. The molecule has 0 atom stereocenters. The quantitative estimate of drug-likeness (QED) is 0.739. The summed E-state index contributed by atoms with van der Waals surface area (Å²) in [5.74, 6) is -0.426. The van der Waals surface area contributed by atoms with Gasteiger partial charge in [-0.05, 0) is 38.8 Å². The molecule has 1 aliphatic rings. The van der Waals surface area contributed by atoms with E-state index in [2.05, 4.69) is 4.98 Å². The third-order valence-electron chi connectivity index (χ3n) is 3.01. The van der Waals surface area contributed by atoms with E-state index in [1.807, 2.05) is 26.8 Å². The number of nitrogens with zero attached hydrogens (tertiary/aromatic N) is 2. The van der Waals surface area contributed by atoms with Crippen LogP contribution in [0.25, 0.3) is 5.57 Å². The van der Waals surface area contributed by atoms with Gasteiger partial charge in [0.1, 0.15) is 16.6 Å². The average Bonchev–Trinajstić information content (AvgIpc) is 2.40. The minimum atomic E-state index is -0.517. The summed E-state index contributed by atoms with van der Waals surface area (Å²) in [4.78, 5) is 17.4. The summed E-state index contributed by atoms with van der Waals surface area (Å²) in [7, 11) is 0. The lowest BCUT2D eigenvalue weighted by atomic mass is 10.0. The van der Waals surface area contributed by atoms with E-state index >= 15 is 0 Å². The zero-order valence-corrected chi connectivity index (χ0v) is 13.1. The molecule has 2 heterocycles. The van der Waals surface area contributed by atoms with Crippen molar-refractivity contribution in [2.45, 2.75) is 32.8 Å². The van der Waals surface area contributed by atoms with E-state index in [1.165, 1.54) is 6.07 Å². The highest BCUT2D eigenvalue weighted by molar-refractivity contribution is 6.31. The fraction of sp³-hybridized carbons (Fsp3) is 0.467. The maximum atomic E-state index is 13.3. The summed E-state index contributed by atoms with van der Waals surface area (Å²) in [5.41, 5.74) is 0.962. The van der Waals surface area contributed by atoms with Gasteiger partial charge < -0.3 is 9.64 Å². The number of hydrogen-bond acceptors (Lipinski definition) is 3. The van der Waals surface area contributed by atoms with E-state index in [1.54, 1.807) is 4.90 Å². The van der Waals surface area contributed by atoms with E-state index in [0.717, 1.165) is 11.8 Å². The molecule has 0 saturated carbocycles. The van der Waals surface area contributed by atoms with Gasteiger partial charge in [-0.25, -0.2) is 14.2 Å². The Hall–Kier alpha value is -1.62. The van der Waals surface area contributed by atoms with Crippen LogP contribution in [-0.4, -0.2) is 34.7 Å². The number of hydrogen-bond donors (Lipinski definition) is 0. The van der Waals surface area contributed by atoms with Crippen LogP contribution in [0.1, 0.15) is 32.8 Å². The molecule has 0 aliphatic carbocycles. The average molecular weight is 313 g/mol. The third-order valence-corrected chi connectivity index (χ3v) is 3.31. The van der Waals surface area contributed by atoms with Crippen molar-refractivity contribution in [2.75, 3.05) is 13.1 Å². The molecule has 4 nitrogen and oxygen atoms in total. The lowest BCUT2D eigenvalue weighted by molar-refractivity contribution is 0.0270. The van der Waals surface area contributed by atoms with Crippen molar-refractivity contribution >= 4 is 23.3 Å². The molecule has 1 aromatic heterocycles. The Bertz CT molecular complexity index is 582. The molecule has 21 heavy (non-hydrogen) atoms. The number of rotatable bonds is 1. The second-order valence-electron chi connectivity index (χ2n) is 5.90. The van der Waals surface area contributed by atoms with Gasteiger partial charge in [0, 0.05) is 18.7 Å². The summed E-state index contributed by atoms with van der Waals surface area (Å²) < 4.78 is 18.6. The summed E-state index contributed by atoms with van der Waals surface area (Å²) >= 11 is 5.99. The van der Waals surface area contributed by atoms with E-state index in [-0.39, 0.29) is 11.2 Å². The summed E-state index contributed by atoms with van der Waals surface area (Å²) in [6.07, 6.45) is 3.18. The van der Waals surface area contributed by atoms with Crippen LogP contribution in [0, 0.1) is 5.82 Å². The second-order valence-corrected chi connectivity index (χ2v) is 6.26. The summed E-state index contributed by atoms with van der Waals surface area (Å²) in [6, 6.07) is 1.37. The van der Waals surface area contributed by atoms with Crippen molar-refractivity contribution in [1.29, 1.82) is 0 Å². The minimum absolute atomic E-state index is 0.272. The number of amides is 1. The van der Waals surface area contributed by atoms with Gasteiger partial charge in [0.15, 0.2) is 0 Å². The van der Waals surface area contributed by atoms with Gasteiger partial charge in [-0.2, -0.15) is 0 Å². The lowest BCUT2D eigenvalue weighted by Gasteiger charge is -2.29. The maximum absolute atomic E-state index is 13.3. The molecule has 0 aromatic carbocycles. The Labute approximate surface area is 128 Å². The molecule has 1 aliphatic heterocycles. The zero-order chi connectivity index (χ0) is 15.6. The van der Waals surface area contributed by atoms with Gasteiger partial charge >= 0.3 is 6.09 Å². The van der Waals surface area contributed by atoms with Crippen LogP contribution >= 0.6 is 11.6 Å². The van der Waals surface area contributed by atoms with Gasteiger partial charge in [0.25, 0.3) is 0 Å². The smallest absolute Gasteiger partial charge is 0.410 e. The molecule has 0 fully saturated rings. The van der Waals surface area contributed by atoms with E-state index in [4.69, 9.17) is 16.3 Å². The molecule has 6 heteroatoms. The molecule has 1 amide bonds. The van der Waals surface area contributed by atoms with E-state index in [0.29, 0.717) is 25.1 Å². The van der Waals surface area contributed by atoms with Crippen LogP contribution in [0.5, 0.6) is 0 Å². The maximum Gasteiger partial charge on any atom is 0.410 e. The SMILES string of the molecule is CC(C)(C)OC(=O)N1CC=C(c2cc(F)cnc2Cl)CC1. The third kappa shape index (κ3) is 4.17. The number of carbonyl (C=O) groups excluding carboxylic acids is 1.